The molecule has 1 unspecified atom stereocenters. The van der Waals surface area contributed by atoms with Crippen molar-refractivity contribution in [1.29, 1.82) is 0 Å². The van der Waals surface area contributed by atoms with Gasteiger partial charge in [0, 0.05) is 23.0 Å². The van der Waals surface area contributed by atoms with E-state index in [0.717, 1.165) is 10.0 Å². The summed E-state index contributed by atoms with van der Waals surface area (Å²) in [6.07, 6.45) is 0.687. The van der Waals surface area contributed by atoms with Gasteiger partial charge in [-0.2, -0.15) is 0 Å². The molecular weight excluding hydrogens is 242 g/mol. The van der Waals surface area contributed by atoms with Crippen molar-refractivity contribution in [2.75, 3.05) is 13.2 Å². The van der Waals surface area contributed by atoms with Crippen molar-refractivity contribution >= 4 is 15.9 Å². The lowest BCUT2D eigenvalue weighted by atomic mass is 9.80. The fourth-order valence-corrected chi connectivity index (χ4v) is 2.31. The van der Waals surface area contributed by atoms with E-state index < -0.39 is 0 Å². The number of aliphatic hydroxyl groups excluding tert-OH is 1. The summed E-state index contributed by atoms with van der Waals surface area (Å²) in [5, 5.41) is 9.01. The molecule has 0 heterocycles. The van der Waals surface area contributed by atoms with E-state index in [4.69, 9.17) is 10.8 Å². The molecule has 0 saturated carbocycles. The van der Waals surface area contributed by atoms with Crippen LogP contribution in [0.15, 0.2) is 28.7 Å². The molecule has 0 saturated heterocycles. The van der Waals surface area contributed by atoms with Crippen LogP contribution in [0.5, 0.6) is 0 Å². The molecule has 0 bridgehead atoms. The quantitative estimate of drug-likeness (QED) is 0.868. The minimum atomic E-state index is -0.144. The Labute approximate surface area is 93.3 Å². The Kier molecular flexibility index (Phi) is 4.11. The predicted molar refractivity (Wildman–Crippen MR) is 62.3 cm³/mol. The van der Waals surface area contributed by atoms with Crippen LogP contribution >= 0.6 is 15.9 Å². The van der Waals surface area contributed by atoms with Crippen molar-refractivity contribution in [3.05, 3.63) is 34.3 Å². The lowest BCUT2D eigenvalue weighted by Crippen LogP contribution is -2.33. The maximum atomic E-state index is 9.01. The molecule has 0 amide bonds. The minimum absolute atomic E-state index is 0.144. The molecule has 0 spiro atoms. The van der Waals surface area contributed by atoms with Crippen LogP contribution in [0.4, 0.5) is 0 Å². The van der Waals surface area contributed by atoms with Gasteiger partial charge in [0.05, 0.1) is 0 Å². The number of rotatable bonds is 4. The van der Waals surface area contributed by atoms with Crippen LogP contribution < -0.4 is 5.73 Å². The number of hydrogen-bond donors (Lipinski definition) is 2. The summed E-state index contributed by atoms with van der Waals surface area (Å²) in [6, 6.07) is 8.02. The van der Waals surface area contributed by atoms with Gasteiger partial charge in [0.15, 0.2) is 0 Å². The lowest BCUT2D eigenvalue weighted by Gasteiger charge is -2.28. The van der Waals surface area contributed by atoms with E-state index in [-0.39, 0.29) is 12.0 Å². The Bertz CT molecular complexity index is 303. The average Bonchev–Trinajstić information content (AvgIpc) is 2.18. The molecule has 0 fully saturated rings. The fourth-order valence-electron chi connectivity index (χ4n) is 1.54. The van der Waals surface area contributed by atoms with Crippen LogP contribution in [0.25, 0.3) is 0 Å². The number of halogens is 1. The Balaban J connectivity index is 3.05. The van der Waals surface area contributed by atoms with E-state index in [1.54, 1.807) is 0 Å². The van der Waals surface area contributed by atoms with E-state index >= 15 is 0 Å². The smallest absolute Gasteiger partial charge is 0.0439 e. The van der Waals surface area contributed by atoms with Gasteiger partial charge in [-0.1, -0.05) is 41.1 Å². The van der Waals surface area contributed by atoms with Crippen LogP contribution in [0.2, 0.25) is 0 Å². The highest BCUT2D eigenvalue weighted by Crippen LogP contribution is 2.31. The molecule has 1 atom stereocenters. The zero-order valence-electron chi connectivity index (χ0n) is 8.33. The van der Waals surface area contributed by atoms with Gasteiger partial charge in [-0.25, -0.2) is 0 Å². The summed E-state index contributed by atoms with van der Waals surface area (Å²) in [5.74, 6) is 0. The topological polar surface area (TPSA) is 46.2 Å². The van der Waals surface area contributed by atoms with E-state index in [9.17, 15) is 0 Å². The number of hydrogen-bond acceptors (Lipinski definition) is 2. The van der Waals surface area contributed by atoms with Crippen LogP contribution in [-0.2, 0) is 5.41 Å². The zero-order valence-corrected chi connectivity index (χ0v) is 9.92. The number of benzene rings is 1. The summed E-state index contributed by atoms with van der Waals surface area (Å²) < 4.78 is 1.06. The molecule has 3 heteroatoms. The molecule has 0 aliphatic heterocycles. The maximum Gasteiger partial charge on any atom is 0.0439 e. The molecule has 0 aromatic heterocycles. The summed E-state index contributed by atoms with van der Waals surface area (Å²) in [7, 11) is 0. The normalized spacial score (nSPS) is 15.1. The van der Waals surface area contributed by atoms with Crippen LogP contribution in [0.3, 0.4) is 0 Å². The van der Waals surface area contributed by atoms with Crippen molar-refractivity contribution in [2.45, 2.75) is 18.8 Å². The maximum absolute atomic E-state index is 9.01. The SMILES string of the molecule is CC(CN)(CCO)c1ccccc1Br. The third-order valence-electron chi connectivity index (χ3n) is 2.64. The number of aliphatic hydroxyl groups is 1. The van der Waals surface area contributed by atoms with Gasteiger partial charge < -0.3 is 10.8 Å². The Morgan fingerprint density at radius 3 is 2.57 bits per heavy atom. The molecule has 14 heavy (non-hydrogen) atoms. The second-order valence-corrected chi connectivity index (χ2v) is 4.57. The highest BCUT2D eigenvalue weighted by atomic mass is 79.9. The molecule has 0 aliphatic carbocycles. The molecule has 1 aromatic carbocycles. The summed E-state index contributed by atoms with van der Waals surface area (Å²) >= 11 is 3.51. The Hall–Kier alpha value is -0.380. The second kappa shape index (κ2) is 4.91. The van der Waals surface area contributed by atoms with Gasteiger partial charge >= 0.3 is 0 Å². The third-order valence-corrected chi connectivity index (χ3v) is 3.33. The van der Waals surface area contributed by atoms with Gasteiger partial charge in [-0.15, -0.1) is 0 Å². The first kappa shape index (κ1) is 11.7. The van der Waals surface area contributed by atoms with Crippen molar-refractivity contribution in [1.82, 2.24) is 0 Å². The molecule has 0 radical (unpaired) electrons. The Morgan fingerprint density at radius 2 is 2.07 bits per heavy atom. The summed E-state index contributed by atoms with van der Waals surface area (Å²) in [4.78, 5) is 0. The van der Waals surface area contributed by atoms with Gasteiger partial charge in [0.25, 0.3) is 0 Å². The molecule has 78 valence electrons. The van der Waals surface area contributed by atoms with E-state index in [2.05, 4.69) is 22.9 Å². The van der Waals surface area contributed by atoms with Crippen molar-refractivity contribution in [3.63, 3.8) is 0 Å². The molecule has 1 rings (SSSR count). The molecule has 1 aromatic rings. The minimum Gasteiger partial charge on any atom is -0.396 e. The molecular formula is C11H16BrNO. The van der Waals surface area contributed by atoms with Crippen molar-refractivity contribution in [3.8, 4) is 0 Å². The van der Waals surface area contributed by atoms with Gasteiger partial charge in [-0.3, -0.25) is 0 Å². The van der Waals surface area contributed by atoms with Crippen molar-refractivity contribution < 1.29 is 5.11 Å². The number of nitrogens with two attached hydrogens (primary N) is 1. The molecule has 0 aliphatic rings. The monoisotopic (exact) mass is 257 g/mol. The van der Waals surface area contributed by atoms with Crippen molar-refractivity contribution in [2.24, 2.45) is 5.73 Å². The summed E-state index contributed by atoms with van der Waals surface area (Å²) in [6.45, 7) is 2.77. The van der Waals surface area contributed by atoms with Gasteiger partial charge in [-0.05, 0) is 18.1 Å². The van der Waals surface area contributed by atoms with Crippen LogP contribution in [0, 0.1) is 0 Å². The predicted octanol–water partition coefficient (Wildman–Crippen LogP) is 2.05. The first-order valence-corrected chi connectivity index (χ1v) is 5.49. The first-order chi connectivity index (χ1) is 6.64. The molecule has 2 nitrogen and oxygen atoms in total. The largest absolute Gasteiger partial charge is 0.396 e. The third kappa shape index (κ3) is 2.35. The highest BCUT2D eigenvalue weighted by molar-refractivity contribution is 9.10. The van der Waals surface area contributed by atoms with Gasteiger partial charge in [0.2, 0.25) is 0 Å². The first-order valence-electron chi connectivity index (χ1n) is 4.70. The summed E-state index contributed by atoms with van der Waals surface area (Å²) in [5.41, 5.74) is 6.78. The highest BCUT2D eigenvalue weighted by Gasteiger charge is 2.26. The standard InChI is InChI=1S/C11H16BrNO/c1-11(8-13,6-7-14)9-4-2-3-5-10(9)12/h2-5,14H,6-8,13H2,1H3. The van der Waals surface area contributed by atoms with E-state index in [0.29, 0.717) is 13.0 Å². The fraction of sp³-hybridized carbons (Fsp3) is 0.455. The lowest BCUT2D eigenvalue weighted by molar-refractivity contribution is 0.246. The van der Waals surface area contributed by atoms with Crippen LogP contribution in [-0.4, -0.2) is 18.3 Å². The van der Waals surface area contributed by atoms with Gasteiger partial charge in [0.1, 0.15) is 0 Å². The van der Waals surface area contributed by atoms with E-state index in [1.165, 1.54) is 0 Å². The average molecular weight is 258 g/mol. The van der Waals surface area contributed by atoms with E-state index in [1.807, 2.05) is 24.3 Å². The second-order valence-electron chi connectivity index (χ2n) is 3.72. The molecule has 3 N–H and O–H groups in total. The zero-order chi connectivity index (χ0) is 10.6. The Morgan fingerprint density at radius 1 is 1.43 bits per heavy atom. The van der Waals surface area contributed by atoms with Crippen LogP contribution in [0.1, 0.15) is 18.9 Å².